The third-order valence-corrected chi connectivity index (χ3v) is 5.13. The highest BCUT2D eigenvalue weighted by atomic mass is 16.5. The van der Waals surface area contributed by atoms with Gasteiger partial charge in [-0.25, -0.2) is 0 Å². The highest BCUT2D eigenvalue weighted by molar-refractivity contribution is 5.95. The van der Waals surface area contributed by atoms with Gasteiger partial charge >= 0.3 is 0 Å². The van der Waals surface area contributed by atoms with Crippen molar-refractivity contribution in [3.8, 4) is 5.75 Å². The number of hydrogen-bond donors (Lipinski definition) is 2. The molecule has 1 heterocycles. The largest absolute Gasteiger partial charge is 0.484 e. The molecule has 136 valence electrons. The van der Waals surface area contributed by atoms with Crippen molar-refractivity contribution in [2.24, 2.45) is 11.7 Å². The van der Waals surface area contributed by atoms with E-state index in [1.54, 1.807) is 11.0 Å². The van der Waals surface area contributed by atoms with Crippen LogP contribution in [0.1, 0.15) is 38.5 Å². The van der Waals surface area contributed by atoms with Gasteiger partial charge in [-0.3, -0.25) is 9.59 Å². The molecular formula is C19H27N3O3. The molecule has 2 aliphatic rings. The van der Waals surface area contributed by atoms with Gasteiger partial charge in [-0.05, 0) is 43.9 Å². The standard InChI is InChI=1S/C19H27N3O3/c20-12-14-5-1-2-8-17(14)21-18(23)13-25-16-7-3-6-15(11-16)22-10-4-9-19(22)24/h3,6-7,11,14,17H,1-2,4-5,8-10,12-13,20H2,(H,21,23). The maximum Gasteiger partial charge on any atom is 0.258 e. The number of nitrogens with two attached hydrogens (primary N) is 1. The van der Waals surface area contributed by atoms with Gasteiger partial charge in [-0.1, -0.05) is 18.9 Å². The average molecular weight is 345 g/mol. The Bertz CT molecular complexity index is 620. The minimum Gasteiger partial charge on any atom is -0.484 e. The van der Waals surface area contributed by atoms with Crippen molar-refractivity contribution in [3.05, 3.63) is 24.3 Å². The van der Waals surface area contributed by atoms with Gasteiger partial charge in [-0.15, -0.1) is 0 Å². The molecule has 1 aliphatic heterocycles. The molecule has 1 aliphatic carbocycles. The predicted molar refractivity (Wildman–Crippen MR) is 96.5 cm³/mol. The zero-order chi connectivity index (χ0) is 17.6. The Hall–Kier alpha value is -2.08. The van der Waals surface area contributed by atoms with Crippen LogP contribution in [0.3, 0.4) is 0 Å². The van der Waals surface area contributed by atoms with Crippen LogP contribution in [0.5, 0.6) is 5.75 Å². The van der Waals surface area contributed by atoms with Crippen LogP contribution >= 0.6 is 0 Å². The zero-order valence-electron chi connectivity index (χ0n) is 14.6. The Morgan fingerprint density at radius 2 is 2.12 bits per heavy atom. The van der Waals surface area contributed by atoms with E-state index < -0.39 is 0 Å². The van der Waals surface area contributed by atoms with Crippen LogP contribution in [0.25, 0.3) is 0 Å². The molecule has 2 unspecified atom stereocenters. The number of ether oxygens (including phenoxy) is 1. The van der Waals surface area contributed by atoms with E-state index in [9.17, 15) is 9.59 Å². The van der Waals surface area contributed by atoms with E-state index in [0.29, 0.717) is 24.6 Å². The van der Waals surface area contributed by atoms with Gasteiger partial charge in [0, 0.05) is 30.8 Å². The molecule has 3 N–H and O–H groups in total. The molecule has 0 spiro atoms. The third kappa shape index (κ3) is 4.51. The summed E-state index contributed by atoms with van der Waals surface area (Å²) in [5, 5.41) is 3.06. The van der Waals surface area contributed by atoms with E-state index in [-0.39, 0.29) is 24.5 Å². The number of anilines is 1. The zero-order valence-corrected chi connectivity index (χ0v) is 14.6. The molecule has 2 atom stereocenters. The Kier molecular flexibility index (Phi) is 5.91. The first-order chi connectivity index (χ1) is 12.2. The van der Waals surface area contributed by atoms with Crippen molar-refractivity contribution in [1.29, 1.82) is 0 Å². The van der Waals surface area contributed by atoms with Gasteiger partial charge in [0.2, 0.25) is 5.91 Å². The molecule has 6 nitrogen and oxygen atoms in total. The first kappa shape index (κ1) is 17.7. The predicted octanol–water partition coefficient (Wildman–Crippen LogP) is 1.83. The summed E-state index contributed by atoms with van der Waals surface area (Å²) in [6, 6.07) is 7.52. The van der Waals surface area contributed by atoms with Crippen molar-refractivity contribution >= 4 is 17.5 Å². The molecule has 25 heavy (non-hydrogen) atoms. The number of amides is 2. The molecule has 1 saturated carbocycles. The Morgan fingerprint density at radius 3 is 2.88 bits per heavy atom. The monoisotopic (exact) mass is 345 g/mol. The van der Waals surface area contributed by atoms with Gasteiger partial charge in [0.05, 0.1) is 0 Å². The fourth-order valence-corrected chi connectivity index (χ4v) is 3.74. The molecule has 2 fully saturated rings. The number of nitrogens with one attached hydrogen (secondary N) is 1. The maximum atomic E-state index is 12.2. The van der Waals surface area contributed by atoms with E-state index >= 15 is 0 Å². The molecule has 1 aromatic rings. The van der Waals surface area contributed by atoms with E-state index in [0.717, 1.165) is 37.9 Å². The Morgan fingerprint density at radius 1 is 1.28 bits per heavy atom. The number of hydrogen-bond acceptors (Lipinski definition) is 4. The summed E-state index contributed by atoms with van der Waals surface area (Å²) in [7, 11) is 0. The van der Waals surface area contributed by atoms with Gasteiger partial charge in [-0.2, -0.15) is 0 Å². The third-order valence-electron chi connectivity index (χ3n) is 5.13. The van der Waals surface area contributed by atoms with Crippen LogP contribution in [0.2, 0.25) is 0 Å². The number of carbonyl (C=O) groups excluding carboxylic acids is 2. The van der Waals surface area contributed by atoms with E-state index in [1.165, 1.54) is 6.42 Å². The van der Waals surface area contributed by atoms with Crippen LogP contribution in [-0.2, 0) is 9.59 Å². The smallest absolute Gasteiger partial charge is 0.258 e. The fourth-order valence-electron chi connectivity index (χ4n) is 3.74. The number of rotatable bonds is 6. The second kappa shape index (κ2) is 8.34. The summed E-state index contributed by atoms with van der Waals surface area (Å²) in [6.45, 7) is 1.33. The van der Waals surface area contributed by atoms with Crippen molar-refractivity contribution in [2.75, 3.05) is 24.6 Å². The fraction of sp³-hybridized carbons (Fsp3) is 0.579. The first-order valence-electron chi connectivity index (χ1n) is 9.20. The molecule has 0 aromatic heterocycles. The minimum atomic E-state index is -0.118. The second-order valence-electron chi connectivity index (χ2n) is 6.89. The van der Waals surface area contributed by atoms with E-state index in [1.807, 2.05) is 18.2 Å². The van der Waals surface area contributed by atoms with Gasteiger partial charge in [0.15, 0.2) is 6.61 Å². The second-order valence-corrected chi connectivity index (χ2v) is 6.89. The Labute approximate surface area is 148 Å². The van der Waals surface area contributed by atoms with Gasteiger partial charge in [0.25, 0.3) is 5.91 Å². The molecule has 1 aromatic carbocycles. The number of benzene rings is 1. The minimum absolute atomic E-state index is 0.0226. The van der Waals surface area contributed by atoms with E-state index in [2.05, 4.69) is 5.32 Å². The summed E-state index contributed by atoms with van der Waals surface area (Å²) in [4.78, 5) is 25.8. The van der Waals surface area contributed by atoms with Crippen LogP contribution < -0.4 is 20.7 Å². The number of nitrogens with zero attached hydrogens (tertiary/aromatic N) is 1. The average Bonchev–Trinajstić information content (AvgIpc) is 3.07. The molecule has 2 amide bonds. The maximum absolute atomic E-state index is 12.2. The molecular weight excluding hydrogens is 318 g/mol. The first-order valence-corrected chi connectivity index (χ1v) is 9.20. The topological polar surface area (TPSA) is 84.7 Å². The summed E-state index contributed by atoms with van der Waals surface area (Å²) in [5.41, 5.74) is 6.64. The van der Waals surface area contributed by atoms with Gasteiger partial charge < -0.3 is 20.7 Å². The van der Waals surface area contributed by atoms with Crippen LogP contribution in [0.15, 0.2) is 24.3 Å². The summed E-state index contributed by atoms with van der Waals surface area (Å²) in [5.74, 6) is 0.988. The molecule has 0 bridgehead atoms. The lowest BCUT2D eigenvalue weighted by Crippen LogP contribution is -2.46. The van der Waals surface area contributed by atoms with Crippen LogP contribution in [-0.4, -0.2) is 37.6 Å². The molecule has 6 heteroatoms. The lowest BCUT2D eigenvalue weighted by atomic mass is 9.84. The lowest BCUT2D eigenvalue weighted by molar-refractivity contribution is -0.124. The number of carbonyl (C=O) groups is 2. The van der Waals surface area contributed by atoms with Gasteiger partial charge in [0.1, 0.15) is 5.75 Å². The lowest BCUT2D eigenvalue weighted by Gasteiger charge is -2.31. The molecule has 0 radical (unpaired) electrons. The van der Waals surface area contributed by atoms with Crippen LogP contribution in [0, 0.1) is 5.92 Å². The SMILES string of the molecule is NCC1CCCCC1NC(=O)COc1cccc(N2CCCC2=O)c1. The summed E-state index contributed by atoms with van der Waals surface area (Å²) < 4.78 is 5.63. The summed E-state index contributed by atoms with van der Waals surface area (Å²) in [6.07, 6.45) is 5.86. The van der Waals surface area contributed by atoms with Crippen molar-refractivity contribution in [2.45, 2.75) is 44.6 Å². The highest BCUT2D eigenvalue weighted by Crippen LogP contribution is 2.26. The quantitative estimate of drug-likeness (QED) is 0.824. The van der Waals surface area contributed by atoms with Crippen molar-refractivity contribution < 1.29 is 14.3 Å². The Balaban J connectivity index is 1.52. The summed E-state index contributed by atoms with van der Waals surface area (Å²) >= 11 is 0. The highest BCUT2D eigenvalue weighted by Gasteiger charge is 2.25. The molecule has 3 rings (SSSR count). The van der Waals surface area contributed by atoms with Crippen LogP contribution in [0.4, 0.5) is 5.69 Å². The van der Waals surface area contributed by atoms with Crippen molar-refractivity contribution in [3.63, 3.8) is 0 Å². The normalized spacial score (nSPS) is 23.6. The molecule has 1 saturated heterocycles. The van der Waals surface area contributed by atoms with E-state index in [4.69, 9.17) is 10.5 Å². The van der Waals surface area contributed by atoms with Crippen molar-refractivity contribution in [1.82, 2.24) is 5.32 Å².